The number of pyridine rings is 2. The van der Waals surface area contributed by atoms with Gasteiger partial charge in [-0.15, -0.1) is 0 Å². The van der Waals surface area contributed by atoms with E-state index < -0.39 is 23.9 Å². The number of rotatable bonds is 3. The average molecular weight is 413 g/mol. The highest BCUT2D eigenvalue weighted by molar-refractivity contribution is 6.12. The maximum Gasteiger partial charge on any atom is 0.433 e. The minimum Gasteiger partial charge on any atom is -0.479 e. The van der Waals surface area contributed by atoms with Crippen LogP contribution in [0.25, 0.3) is 10.8 Å². The van der Waals surface area contributed by atoms with Crippen LogP contribution in [0.15, 0.2) is 48.8 Å². The van der Waals surface area contributed by atoms with Crippen LogP contribution in [0.1, 0.15) is 5.69 Å². The number of halogens is 3. The van der Waals surface area contributed by atoms with E-state index in [9.17, 15) is 23.2 Å². The third-order valence-corrected chi connectivity index (χ3v) is 4.77. The van der Waals surface area contributed by atoms with Crippen molar-refractivity contribution >= 4 is 28.2 Å². The Morgan fingerprint density at radius 2 is 1.93 bits per heavy atom. The Morgan fingerprint density at radius 1 is 1.17 bits per heavy atom. The number of anilines is 2. The van der Waals surface area contributed by atoms with Gasteiger partial charge >= 0.3 is 12.2 Å². The first kappa shape index (κ1) is 19.4. The predicted octanol–water partition coefficient (Wildman–Crippen LogP) is 4.00. The van der Waals surface area contributed by atoms with E-state index in [4.69, 9.17) is 4.74 Å². The van der Waals surface area contributed by atoms with Gasteiger partial charge in [0.05, 0.1) is 31.6 Å². The summed E-state index contributed by atoms with van der Waals surface area (Å²) in [5, 5.41) is 11.1. The fourth-order valence-electron chi connectivity index (χ4n) is 3.41. The summed E-state index contributed by atoms with van der Waals surface area (Å²) in [6.07, 6.45) is -1.53. The van der Waals surface area contributed by atoms with Crippen molar-refractivity contribution in [3.63, 3.8) is 0 Å². The normalized spacial score (nSPS) is 16.8. The van der Waals surface area contributed by atoms with E-state index in [1.165, 1.54) is 23.1 Å². The van der Waals surface area contributed by atoms with Crippen LogP contribution in [-0.2, 0) is 6.18 Å². The highest BCUT2D eigenvalue weighted by Gasteiger charge is 2.42. The van der Waals surface area contributed by atoms with Crippen LogP contribution in [0.4, 0.5) is 29.3 Å². The van der Waals surface area contributed by atoms with Crippen LogP contribution in [-0.4, -0.2) is 35.7 Å². The quantitative estimate of drug-likeness (QED) is 0.648. The first-order chi connectivity index (χ1) is 14.3. The molecule has 1 saturated heterocycles. The molecular weight excluding hydrogens is 399 g/mol. The lowest BCUT2D eigenvalue weighted by atomic mass is 10.1. The number of urea groups is 1. The summed E-state index contributed by atoms with van der Waals surface area (Å²) >= 11 is 0. The highest BCUT2D eigenvalue weighted by atomic mass is 19.4. The largest absolute Gasteiger partial charge is 0.479 e. The molecule has 1 aromatic carbocycles. The molecule has 1 atom stereocenters. The number of methoxy groups -OCH3 is 1. The standard InChI is InChI=1S/C20H14F3N5O2/c1-30-18-15(6-7-17(26-18)20(21,22)23)27-11-13(8-24)28(19(27)29)16-10-25-9-12-4-2-3-5-14(12)16/h2-7,9-10,13H,11H2,1H3/t13-/m0/s1. The number of hydrogen-bond acceptors (Lipinski definition) is 5. The fraction of sp³-hybridized carbons (Fsp3) is 0.200. The number of carbonyl (C=O) groups excluding carboxylic acids is 1. The Morgan fingerprint density at radius 3 is 2.63 bits per heavy atom. The van der Waals surface area contributed by atoms with Crippen molar-refractivity contribution in [2.45, 2.75) is 12.2 Å². The van der Waals surface area contributed by atoms with Crippen molar-refractivity contribution in [3.05, 3.63) is 54.5 Å². The zero-order valence-corrected chi connectivity index (χ0v) is 15.6. The minimum atomic E-state index is -4.66. The van der Waals surface area contributed by atoms with Gasteiger partial charge < -0.3 is 4.74 Å². The minimum absolute atomic E-state index is 0.0476. The third kappa shape index (κ3) is 3.14. The number of fused-ring (bicyclic) bond motifs is 1. The molecule has 0 aliphatic carbocycles. The number of carbonyl (C=O) groups is 1. The molecule has 0 saturated carbocycles. The van der Waals surface area contributed by atoms with Crippen molar-refractivity contribution in [1.82, 2.24) is 9.97 Å². The van der Waals surface area contributed by atoms with Crippen molar-refractivity contribution in [2.75, 3.05) is 23.5 Å². The van der Waals surface area contributed by atoms with Gasteiger partial charge in [0, 0.05) is 17.0 Å². The van der Waals surface area contributed by atoms with Crippen LogP contribution in [0, 0.1) is 11.3 Å². The van der Waals surface area contributed by atoms with E-state index in [1.54, 1.807) is 18.3 Å². The SMILES string of the molecule is COc1nc(C(F)(F)F)ccc1N1C[C@H](C#N)N(c2cncc3ccccc23)C1=O. The summed E-state index contributed by atoms with van der Waals surface area (Å²) in [5.74, 6) is -0.354. The number of amides is 2. The lowest BCUT2D eigenvalue weighted by Gasteiger charge is -2.22. The van der Waals surface area contributed by atoms with Gasteiger partial charge in [-0.1, -0.05) is 24.3 Å². The predicted molar refractivity (Wildman–Crippen MR) is 102 cm³/mol. The topological polar surface area (TPSA) is 82.3 Å². The molecule has 2 amide bonds. The molecule has 10 heteroatoms. The first-order valence-corrected chi connectivity index (χ1v) is 8.80. The Hall–Kier alpha value is -3.87. The third-order valence-electron chi connectivity index (χ3n) is 4.77. The van der Waals surface area contributed by atoms with Gasteiger partial charge in [-0.25, -0.2) is 9.78 Å². The molecule has 3 heterocycles. The van der Waals surface area contributed by atoms with Crippen LogP contribution in [0.2, 0.25) is 0 Å². The van der Waals surface area contributed by atoms with Gasteiger partial charge in [0.25, 0.3) is 0 Å². The average Bonchev–Trinajstić information content (AvgIpc) is 3.08. The molecule has 0 N–H and O–H groups in total. The van der Waals surface area contributed by atoms with E-state index in [2.05, 4.69) is 16.0 Å². The smallest absolute Gasteiger partial charge is 0.433 e. The number of nitrogens with zero attached hydrogens (tertiary/aromatic N) is 5. The molecule has 7 nitrogen and oxygen atoms in total. The van der Waals surface area contributed by atoms with Crippen molar-refractivity contribution in [3.8, 4) is 11.9 Å². The first-order valence-electron chi connectivity index (χ1n) is 8.80. The summed E-state index contributed by atoms with van der Waals surface area (Å²) in [4.78, 5) is 23.3. The maximum atomic E-state index is 13.2. The zero-order valence-electron chi connectivity index (χ0n) is 15.6. The van der Waals surface area contributed by atoms with Gasteiger partial charge in [-0.3, -0.25) is 14.8 Å². The molecule has 2 aromatic heterocycles. The summed E-state index contributed by atoms with van der Waals surface area (Å²) < 4.78 is 43.9. The van der Waals surface area contributed by atoms with Crippen molar-refractivity contribution < 1.29 is 22.7 Å². The van der Waals surface area contributed by atoms with Gasteiger partial charge in [0.2, 0.25) is 5.88 Å². The second kappa shape index (κ2) is 7.18. The van der Waals surface area contributed by atoms with Crippen LogP contribution >= 0.6 is 0 Å². The van der Waals surface area contributed by atoms with Crippen molar-refractivity contribution in [1.29, 1.82) is 5.26 Å². The number of ether oxygens (including phenoxy) is 1. The molecule has 30 heavy (non-hydrogen) atoms. The molecular formula is C20H14F3N5O2. The summed E-state index contributed by atoms with van der Waals surface area (Å²) in [6, 6.07) is 9.76. The van der Waals surface area contributed by atoms with E-state index in [-0.39, 0.29) is 18.1 Å². The van der Waals surface area contributed by atoms with E-state index in [0.717, 1.165) is 22.9 Å². The van der Waals surface area contributed by atoms with E-state index in [0.29, 0.717) is 5.69 Å². The summed E-state index contributed by atoms with van der Waals surface area (Å²) in [7, 11) is 1.17. The Bertz CT molecular complexity index is 1170. The Kier molecular flexibility index (Phi) is 4.66. The Labute approximate surface area is 168 Å². The monoisotopic (exact) mass is 413 g/mol. The van der Waals surface area contributed by atoms with Crippen molar-refractivity contribution in [2.24, 2.45) is 0 Å². The van der Waals surface area contributed by atoms with Gasteiger partial charge in [0.15, 0.2) is 0 Å². The maximum absolute atomic E-state index is 13.2. The number of aromatic nitrogens is 2. The lowest BCUT2D eigenvalue weighted by molar-refractivity contribution is -0.141. The number of hydrogen-bond donors (Lipinski definition) is 0. The zero-order chi connectivity index (χ0) is 21.5. The van der Waals surface area contributed by atoms with Gasteiger partial charge in [-0.05, 0) is 12.1 Å². The molecule has 152 valence electrons. The molecule has 0 spiro atoms. The second-order valence-corrected chi connectivity index (χ2v) is 6.51. The number of benzene rings is 1. The van der Waals surface area contributed by atoms with Crippen LogP contribution in [0.3, 0.4) is 0 Å². The van der Waals surface area contributed by atoms with Crippen LogP contribution in [0.5, 0.6) is 5.88 Å². The Balaban J connectivity index is 1.78. The molecule has 3 aromatic rings. The van der Waals surface area contributed by atoms with E-state index >= 15 is 0 Å². The molecule has 0 bridgehead atoms. The molecule has 1 fully saturated rings. The van der Waals surface area contributed by atoms with Gasteiger partial charge in [0.1, 0.15) is 17.4 Å². The highest BCUT2D eigenvalue weighted by Crippen LogP contribution is 2.38. The summed E-state index contributed by atoms with van der Waals surface area (Å²) in [5.41, 5.74) is -0.654. The molecule has 4 rings (SSSR count). The molecule has 1 aliphatic rings. The number of alkyl halides is 3. The van der Waals surface area contributed by atoms with Crippen LogP contribution < -0.4 is 14.5 Å². The second-order valence-electron chi connectivity index (χ2n) is 6.51. The fourth-order valence-corrected chi connectivity index (χ4v) is 3.41. The summed E-state index contributed by atoms with van der Waals surface area (Å²) in [6.45, 7) is -0.0675. The van der Waals surface area contributed by atoms with Gasteiger partial charge in [-0.2, -0.15) is 18.4 Å². The molecule has 0 unspecified atom stereocenters. The number of nitriles is 1. The molecule has 0 radical (unpaired) electrons. The lowest BCUT2D eigenvalue weighted by Crippen LogP contribution is -2.35. The van der Waals surface area contributed by atoms with E-state index in [1.807, 2.05) is 12.1 Å². The molecule has 1 aliphatic heterocycles.